The minimum absolute atomic E-state index is 0.167. The molecule has 0 fully saturated rings. The number of nitrogens with zero attached hydrogens (tertiary/aromatic N) is 1. The first-order valence-electron chi connectivity index (χ1n) is 18.3. The first kappa shape index (κ1) is 29.3. The van der Waals surface area contributed by atoms with E-state index in [0.717, 1.165) is 0 Å². The van der Waals surface area contributed by atoms with Crippen LogP contribution >= 0.6 is 0 Å². The van der Waals surface area contributed by atoms with Gasteiger partial charge in [-0.25, -0.2) is 0 Å². The fourth-order valence-corrected chi connectivity index (χ4v) is 9.38. The first-order chi connectivity index (χ1) is 25.6. The van der Waals surface area contributed by atoms with Crippen LogP contribution in [0.4, 0.5) is 0 Å². The summed E-state index contributed by atoms with van der Waals surface area (Å²) in [6.07, 6.45) is 0. The molecule has 0 radical (unpaired) electrons. The maximum atomic E-state index is 2.50. The molecular formula is C51H35N. The fourth-order valence-electron chi connectivity index (χ4n) is 9.38. The molecule has 1 nitrogen and oxygen atoms in total. The van der Waals surface area contributed by atoms with E-state index < -0.39 is 0 Å². The maximum Gasteiger partial charge on any atom is 0.0547 e. The van der Waals surface area contributed by atoms with Crippen molar-refractivity contribution in [2.24, 2.45) is 0 Å². The lowest BCUT2D eigenvalue weighted by Crippen LogP contribution is -2.15. The number of para-hydroxylation sites is 2. The zero-order valence-corrected chi connectivity index (χ0v) is 29.2. The smallest absolute Gasteiger partial charge is 0.0547 e. The Labute approximate surface area is 303 Å². The standard InChI is InChI=1S/C51H35N/c1-51(2)45-29-33(27-28-36(45)43-31-48-44(30-46(43)51)37-20-12-13-26-47(37)52(48)34-17-4-3-5-18-34)49-39-21-8-10-23-41(39)50(42-24-11-9-22-40(42)49)38-25-14-16-32-15-6-7-19-35(32)38/h3-31H,1-2H3. The molecule has 0 amide bonds. The second-order valence-corrected chi connectivity index (χ2v) is 14.9. The Morgan fingerprint density at radius 3 is 1.67 bits per heavy atom. The van der Waals surface area contributed by atoms with Crippen molar-refractivity contribution in [1.29, 1.82) is 0 Å². The van der Waals surface area contributed by atoms with Crippen LogP contribution < -0.4 is 0 Å². The van der Waals surface area contributed by atoms with Crippen molar-refractivity contribution in [2.75, 3.05) is 0 Å². The molecule has 1 aliphatic rings. The van der Waals surface area contributed by atoms with Crippen LogP contribution in [-0.4, -0.2) is 4.57 Å². The van der Waals surface area contributed by atoms with Crippen LogP contribution in [0.2, 0.25) is 0 Å². The number of rotatable bonds is 3. The van der Waals surface area contributed by atoms with E-state index in [9.17, 15) is 0 Å². The first-order valence-corrected chi connectivity index (χ1v) is 18.3. The van der Waals surface area contributed by atoms with E-state index in [1.165, 1.54) is 104 Å². The summed E-state index contributed by atoms with van der Waals surface area (Å²) in [5.74, 6) is 0. The summed E-state index contributed by atoms with van der Waals surface area (Å²) < 4.78 is 2.43. The van der Waals surface area contributed by atoms with Crippen molar-refractivity contribution in [3.63, 3.8) is 0 Å². The number of hydrogen-bond acceptors (Lipinski definition) is 0. The predicted octanol–water partition coefficient (Wildman–Crippen LogP) is 13.9. The average Bonchev–Trinajstić information content (AvgIpc) is 3.63. The van der Waals surface area contributed by atoms with Crippen LogP contribution in [0, 0.1) is 0 Å². The quantitative estimate of drug-likeness (QED) is 0.166. The minimum Gasteiger partial charge on any atom is -0.309 e. The molecule has 0 N–H and O–H groups in total. The number of aromatic nitrogens is 1. The molecule has 0 saturated carbocycles. The Hall–Kier alpha value is -6.44. The second-order valence-electron chi connectivity index (χ2n) is 14.9. The lowest BCUT2D eigenvalue weighted by molar-refractivity contribution is 0.661. The Bertz CT molecular complexity index is 3020. The van der Waals surface area contributed by atoms with E-state index in [1.54, 1.807) is 0 Å². The summed E-state index contributed by atoms with van der Waals surface area (Å²) in [5, 5.41) is 10.3. The highest BCUT2D eigenvalue weighted by Gasteiger charge is 2.37. The molecule has 11 rings (SSSR count). The Morgan fingerprint density at radius 1 is 0.365 bits per heavy atom. The highest BCUT2D eigenvalue weighted by molar-refractivity contribution is 6.23. The molecule has 10 aromatic rings. The highest BCUT2D eigenvalue weighted by atomic mass is 15.0. The van der Waals surface area contributed by atoms with Crippen molar-refractivity contribution in [3.05, 3.63) is 187 Å². The second kappa shape index (κ2) is 10.8. The number of fused-ring (bicyclic) bond motifs is 9. The molecule has 1 heteroatoms. The molecule has 1 aliphatic carbocycles. The third-order valence-corrected chi connectivity index (χ3v) is 11.8. The van der Waals surface area contributed by atoms with Crippen molar-refractivity contribution in [2.45, 2.75) is 19.3 Å². The van der Waals surface area contributed by atoms with Gasteiger partial charge in [0.1, 0.15) is 0 Å². The molecule has 0 atom stereocenters. The molecule has 1 heterocycles. The van der Waals surface area contributed by atoms with Gasteiger partial charge in [-0.1, -0.05) is 153 Å². The van der Waals surface area contributed by atoms with Gasteiger partial charge >= 0.3 is 0 Å². The van der Waals surface area contributed by atoms with E-state index in [1.807, 2.05) is 0 Å². The van der Waals surface area contributed by atoms with E-state index >= 15 is 0 Å². The Morgan fingerprint density at radius 2 is 0.942 bits per heavy atom. The lowest BCUT2D eigenvalue weighted by atomic mass is 9.80. The number of hydrogen-bond donors (Lipinski definition) is 0. The maximum absolute atomic E-state index is 2.50. The monoisotopic (exact) mass is 661 g/mol. The zero-order valence-electron chi connectivity index (χ0n) is 29.2. The van der Waals surface area contributed by atoms with Gasteiger partial charge in [0.05, 0.1) is 11.0 Å². The largest absolute Gasteiger partial charge is 0.309 e. The Kier molecular flexibility index (Phi) is 6.08. The molecule has 0 spiro atoms. The van der Waals surface area contributed by atoms with E-state index in [4.69, 9.17) is 0 Å². The number of benzene rings is 9. The third-order valence-electron chi connectivity index (χ3n) is 11.8. The summed E-state index contributed by atoms with van der Waals surface area (Å²) in [5.41, 5.74) is 14.1. The van der Waals surface area contributed by atoms with Gasteiger partial charge in [0.15, 0.2) is 0 Å². The summed E-state index contributed by atoms with van der Waals surface area (Å²) in [4.78, 5) is 0. The molecule has 0 saturated heterocycles. The summed E-state index contributed by atoms with van der Waals surface area (Å²) in [6, 6.07) is 65.3. The van der Waals surface area contributed by atoms with Gasteiger partial charge in [0.2, 0.25) is 0 Å². The molecule has 9 aromatic carbocycles. The molecule has 244 valence electrons. The molecule has 52 heavy (non-hydrogen) atoms. The average molecular weight is 662 g/mol. The van der Waals surface area contributed by atoms with Crippen LogP contribution in [0.1, 0.15) is 25.0 Å². The van der Waals surface area contributed by atoms with Crippen molar-refractivity contribution in [3.8, 4) is 39.1 Å². The van der Waals surface area contributed by atoms with Crippen LogP contribution in [0.15, 0.2) is 176 Å². The van der Waals surface area contributed by atoms with Gasteiger partial charge in [-0.05, 0) is 113 Å². The van der Waals surface area contributed by atoms with Crippen molar-refractivity contribution < 1.29 is 0 Å². The summed E-state index contributed by atoms with van der Waals surface area (Å²) in [6.45, 7) is 4.81. The van der Waals surface area contributed by atoms with Crippen molar-refractivity contribution in [1.82, 2.24) is 4.57 Å². The van der Waals surface area contributed by atoms with Gasteiger partial charge in [-0.3, -0.25) is 0 Å². The van der Waals surface area contributed by atoms with Crippen molar-refractivity contribution >= 4 is 54.1 Å². The van der Waals surface area contributed by atoms with Gasteiger partial charge in [-0.15, -0.1) is 0 Å². The van der Waals surface area contributed by atoms with Crippen LogP contribution in [0.25, 0.3) is 93.2 Å². The Balaban J connectivity index is 1.16. The zero-order chi connectivity index (χ0) is 34.6. The minimum atomic E-state index is -0.167. The third kappa shape index (κ3) is 3.99. The summed E-state index contributed by atoms with van der Waals surface area (Å²) >= 11 is 0. The molecule has 0 aliphatic heterocycles. The van der Waals surface area contributed by atoms with E-state index in [-0.39, 0.29) is 5.41 Å². The van der Waals surface area contributed by atoms with E-state index in [0.29, 0.717) is 0 Å². The topological polar surface area (TPSA) is 4.93 Å². The molecule has 0 bridgehead atoms. The fraction of sp³-hybridized carbons (Fsp3) is 0.0588. The van der Waals surface area contributed by atoms with Gasteiger partial charge in [-0.2, -0.15) is 0 Å². The van der Waals surface area contributed by atoms with Crippen LogP contribution in [0.3, 0.4) is 0 Å². The van der Waals surface area contributed by atoms with Crippen LogP contribution in [0.5, 0.6) is 0 Å². The lowest BCUT2D eigenvalue weighted by Gasteiger charge is -2.23. The summed E-state index contributed by atoms with van der Waals surface area (Å²) in [7, 11) is 0. The molecule has 0 unspecified atom stereocenters. The van der Waals surface area contributed by atoms with Gasteiger partial charge in [0, 0.05) is 21.9 Å². The van der Waals surface area contributed by atoms with Gasteiger partial charge in [0.25, 0.3) is 0 Å². The molecule has 1 aromatic heterocycles. The predicted molar refractivity (Wildman–Crippen MR) is 222 cm³/mol. The van der Waals surface area contributed by atoms with E-state index in [2.05, 4.69) is 194 Å². The highest BCUT2D eigenvalue weighted by Crippen LogP contribution is 2.53. The SMILES string of the molecule is CC1(C)c2cc(-c3c4ccccc4c(-c4cccc5ccccc45)c4ccccc34)ccc2-c2cc3c(cc21)c1ccccc1n3-c1ccccc1. The molecular weight excluding hydrogens is 627 g/mol. The van der Waals surface area contributed by atoms with Crippen LogP contribution in [-0.2, 0) is 5.41 Å². The van der Waals surface area contributed by atoms with Gasteiger partial charge < -0.3 is 4.57 Å². The normalized spacial score (nSPS) is 13.3.